The predicted molar refractivity (Wildman–Crippen MR) is 81.4 cm³/mol. The summed E-state index contributed by atoms with van der Waals surface area (Å²) >= 11 is 5.00. The highest BCUT2D eigenvalue weighted by Gasteiger charge is 2.33. The summed E-state index contributed by atoms with van der Waals surface area (Å²) in [6, 6.07) is 4.20. The van der Waals surface area contributed by atoms with Crippen LogP contribution in [0.25, 0.3) is 0 Å². The quantitative estimate of drug-likeness (QED) is 0.866. The number of nitrogens with zero attached hydrogens (tertiary/aromatic N) is 1. The van der Waals surface area contributed by atoms with Crippen LogP contribution in [0.4, 0.5) is 18.9 Å². The van der Waals surface area contributed by atoms with Crippen molar-refractivity contribution in [3.63, 3.8) is 0 Å². The molecule has 112 valence electrons. The third-order valence-corrected chi connectivity index (χ3v) is 4.57. The zero-order chi connectivity index (χ0) is 14.6. The molecule has 1 aromatic carbocycles. The number of hydrogen-bond donors (Lipinski definition) is 1. The van der Waals surface area contributed by atoms with Gasteiger partial charge in [0.25, 0.3) is 0 Å². The van der Waals surface area contributed by atoms with Gasteiger partial charge in [-0.1, -0.05) is 15.9 Å². The summed E-state index contributed by atoms with van der Waals surface area (Å²) in [6.07, 6.45) is -4.34. The molecular formula is C13H16BrF3N2S. The van der Waals surface area contributed by atoms with Crippen molar-refractivity contribution in [3.05, 3.63) is 28.2 Å². The maximum absolute atomic E-state index is 12.9. The predicted octanol–water partition coefficient (Wildman–Crippen LogP) is 3.93. The van der Waals surface area contributed by atoms with Gasteiger partial charge < -0.3 is 5.32 Å². The molecule has 1 N–H and O–H groups in total. The third-order valence-electron chi connectivity index (χ3n) is 3.13. The molecule has 7 heteroatoms. The lowest BCUT2D eigenvalue weighted by atomic mass is 10.1. The van der Waals surface area contributed by atoms with Crippen molar-refractivity contribution in [3.8, 4) is 0 Å². The molecule has 2 nitrogen and oxygen atoms in total. The Morgan fingerprint density at radius 2 is 1.95 bits per heavy atom. The topological polar surface area (TPSA) is 15.3 Å². The van der Waals surface area contributed by atoms with Gasteiger partial charge in [0, 0.05) is 47.8 Å². The second kappa shape index (κ2) is 7.04. The van der Waals surface area contributed by atoms with Crippen LogP contribution < -0.4 is 5.32 Å². The molecule has 1 saturated heterocycles. The van der Waals surface area contributed by atoms with E-state index >= 15 is 0 Å². The molecule has 20 heavy (non-hydrogen) atoms. The number of halogens is 4. The molecule has 0 aromatic heterocycles. The van der Waals surface area contributed by atoms with Crippen LogP contribution in [0.15, 0.2) is 22.7 Å². The average molecular weight is 369 g/mol. The van der Waals surface area contributed by atoms with Gasteiger partial charge in [0.15, 0.2) is 0 Å². The molecular weight excluding hydrogens is 353 g/mol. The second-order valence-electron chi connectivity index (χ2n) is 4.57. The molecule has 0 radical (unpaired) electrons. The van der Waals surface area contributed by atoms with Gasteiger partial charge in [-0.2, -0.15) is 24.9 Å². The molecule has 1 aromatic rings. The van der Waals surface area contributed by atoms with Gasteiger partial charge in [0.05, 0.1) is 5.56 Å². The number of alkyl halides is 3. The van der Waals surface area contributed by atoms with Crippen molar-refractivity contribution in [2.75, 3.05) is 43.0 Å². The number of anilines is 1. The van der Waals surface area contributed by atoms with E-state index in [0.717, 1.165) is 37.2 Å². The minimum absolute atomic E-state index is 0.145. The SMILES string of the molecule is FC(F)(F)c1cc(Br)ccc1NCCN1CCSCC1. The van der Waals surface area contributed by atoms with Crippen LogP contribution in [-0.4, -0.2) is 42.6 Å². The fourth-order valence-electron chi connectivity index (χ4n) is 2.08. The smallest absolute Gasteiger partial charge is 0.383 e. The van der Waals surface area contributed by atoms with Crippen molar-refractivity contribution < 1.29 is 13.2 Å². The third kappa shape index (κ3) is 4.56. The summed E-state index contributed by atoms with van der Waals surface area (Å²) in [6.45, 7) is 3.32. The van der Waals surface area contributed by atoms with Gasteiger partial charge in [-0.05, 0) is 18.2 Å². The Morgan fingerprint density at radius 3 is 2.60 bits per heavy atom. The fourth-order valence-corrected chi connectivity index (χ4v) is 3.42. The van der Waals surface area contributed by atoms with E-state index in [4.69, 9.17) is 0 Å². The molecule has 1 fully saturated rings. The molecule has 0 unspecified atom stereocenters. The van der Waals surface area contributed by atoms with E-state index in [9.17, 15) is 13.2 Å². The lowest BCUT2D eigenvalue weighted by Crippen LogP contribution is -2.36. The highest BCUT2D eigenvalue weighted by atomic mass is 79.9. The number of rotatable bonds is 4. The van der Waals surface area contributed by atoms with Crippen LogP contribution in [0.1, 0.15) is 5.56 Å². The Hall–Kier alpha value is -0.400. The van der Waals surface area contributed by atoms with Gasteiger partial charge in [-0.3, -0.25) is 4.90 Å². The minimum Gasteiger partial charge on any atom is -0.383 e. The summed E-state index contributed by atoms with van der Waals surface area (Å²) in [7, 11) is 0. The number of nitrogens with one attached hydrogen (secondary N) is 1. The van der Waals surface area contributed by atoms with Gasteiger partial charge in [0.1, 0.15) is 0 Å². The van der Waals surface area contributed by atoms with Crippen LogP contribution in [0, 0.1) is 0 Å². The van der Waals surface area contributed by atoms with Crippen LogP contribution in [0.5, 0.6) is 0 Å². The van der Waals surface area contributed by atoms with E-state index in [1.165, 1.54) is 6.07 Å². The van der Waals surface area contributed by atoms with E-state index in [2.05, 4.69) is 26.1 Å². The van der Waals surface area contributed by atoms with Gasteiger partial charge >= 0.3 is 6.18 Å². The maximum Gasteiger partial charge on any atom is 0.418 e. The fraction of sp³-hybridized carbons (Fsp3) is 0.538. The Balaban J connectivity index is 1.95. The first-order valence-electron chi connectivity index (χ1n) is 6.37. The summed E-state index contributed by atoms with van der Waals surface area (Å²) < 4.78 is 39.2. The summed E-state index contributed by atoms with van der Waals surface area (Å²) in [5.74, 6) is 2.21. The number of hydrogen-bond acceptors (Lipinski definition) is 3. The van der Waals surface area contributed by atoms with Crippen LogP contribution >= 0.6 is 27.7 Å². The lowest BCUT2D eigenvalue weighted by Gasteiger charge is -2.26. The first-order valence-corrected chi connectivity index (χ1v) is 8.32. The summed E-state index contributed by atoms with van der Waals surface area (Å²) in [5.41, 5.74) is -0.479. The van der Waals surface area contributed by atoms with E-state index < -0.39 is 11.7 Å². The van der Waals surface area contributed by atoms with E-state index in [1.54, 1.807) is 6.07 Å². The first kappa shape index (κ1) is 16.0. The van der Waals surface area contributed by atoms with Crippen molar-refractivity contribution in [1.82, 2.24) is 4.90 Å². The van der Waals surface area contributed by atoms with E-state index in [-0.39, 0.29) is 5.69 Å². The Labute approximate surface area is 129 Å². The van der Waals surface area contributed by atoms with Crippen molar-refractivity contribution >= 4 is 33.4 Å². The standard InChI is InChI=1S/C13H16BrF3N2S/c14-10-1-2-12(11(9-10)13(15,16)17)18-3-4-19-5-7-20-8-6-19/h1-2,9,18H,3-8H2. The molecule has 1 heterocycles. The maximum atomic E-state index is 12.9. The largest absolute Gasteiger partial charge is 0.418 e. The minimum atomic E-state index is -4.34. The molecule has 2 rings (SSSR count). The Kier molecular flexibility index (Phi) is 5.63. The molecule has 0 amide bonds. The van der Waals surface area contributed by atoms with Crippen LogP contribution in [0.3, 0.4) is 0 Å². The zero-order valence-corrected chi connectivity index (χ0v) is 13.2. The van der Waals surface area contributed by atoms with Gasteiger partial charge in [0.2, 0.25) is 0 Å². The second-order valence-corrected chi connectivity index (χ2v) is 6.71. The molecule has 1 aliphatic rings. The molecule has 1 aliphatic heterocycles. The van der Waals surface area contributed by atoms with Gasteiger partial charge in [-0.25, -0.2) is 0 Å². The molecule has 0 saturated carbocycles. The van der Waals surface area contributed by atoms with Crippen molar-refractivity contribution in [2.45, 2.75) is 6.18 Å². The first-order chi connectivity index (χ1) is 9.47. The molecule has 0 aliphatic carbocycles. The summed E-state index contributed by atoms with van der Waals surface area (Å²) in [4.78, 5) is 2.27. The highest BCUT2D eigenvalue weighted by Crippen LogP contribution is 2.36. The number of thioether (sulfide) groups is 1. The van der Waals surface area contributed by atoms with Crippen LogP contribution in [0.2, 0.25) is 0 Å². The average Bonchev–Trinajstić information content (AvgIpc) is 2.40. The van der Waals surface area contributed by atoms with E-state index in [1.807, 2.05) is 11.8 Å². The number of benzene rings is 1. The van der Waals surface area contributed by atoms with Crippen molar-refractivity contribution in [1.29, 1.82) is 0 Å². The van der Waals surface area contributed by atoms with E-state index in [0.29, 0.717) is 11.0 Å². The molecule has 0 bridgehead atoms. The molecule has 0 atom stereocenters. The Bertz CT molecular complexity index is 448. The normalized spacial score (nSPS) is 17.2. The lowest BCUT2D eigenvalue weighted by molar-refractivity contribution is -0.137. The monoisotopic (exact) mass is 368 g/mol. The highest BCUT2D eigenvalue weighted by molar-refractivity contribution is 9.10. The summed E-state index contributed by atoms with van der Waals surface area (Å²) in [5, 5.41) is 2.91. The van der Waals surface area contributed by atoms with Crippen LogP contribution in [-0.2, 0) is 6.18 Å². The zero-order valence-electron chi connectivity index (χ0n) is 10.8. The Morgan fingerprint density at radius 1 is 1.25 bits per heavy atom. The van der Waals surface area contributed by atoms with Gasteiger partial charge in [-0.15, -0.1) is 0 Å². The van der Waals surface area contributed by atoms with Crippen molar-refractivity contribution in [2.24, 2.45) is 0 Å². The molecule has 0 spiro atoms.